The van der Waals surface area contributed by atoms with Gasteiger partial charge in [0.2, 0.25) is 0 Å². The molecule has 0 bridgehead atoms. The van der Waals surface area contributed by atoms with Gasteiger partial charge in [0, 0.05) is 18.6 Å². The van der Waals surface area contributed by atoms with Crippen LogP contribution in [0.4, 0.5) is 0 Å². The van der Waals surface area contributed by atoms with Crippen molar-refractivity contribution >= 4 is 27.5 Å². The molecule has 2 aromatic rings. The standard InChI is InChI=1S/C8H7NO2S/c1-9-4-6(8(10)11)5-2-3-12-7(5)9/h2-4H,1H3,(H,10,11). The third kappa shape index (κ3) is 0.848. The first-order valence-corrected chi connectivity index (χ1v) is 4.34. The predicted octanol–water partition coefficient (Wildman–Crippen LogP) is 1.94. The van der Waals surface area contributed by atoms with Crippen LogP contribution in [-0.4, -0.2) is 15.6 Å². The summed E-state index contributed by atoms with van der Waals surface area (Å²) in [7, 11) is 1.85. The number of aryl methyl sites for hydroxylation is 1. The quantitative estimate of drug-likeness (QED) is 0.730. The van der Waals surface area contributed by atoms with Crippen molar-refractivity contribution in [1.82, 2.24) is 4.57 Å². The van der Waals surface area contributed by atoms with E-state index in [0.717, 1.165) is 10.2 Å². The maximum absolute atomic E-state index is 10.7. The van der Waals surface area contributed by atoms with Crippen molar-refractivity contribution in [3.63, 3.8) is 0 Å². The molecule has 0 fully saturated rings. The Bertz CT molecular complexity index is 441. The summed E-state index contributed by atoms with van der Waals surface area (Å²) in [6.07, 6.45) is 1.64. The third-order valence-electron chi connectivity index (χ3n) is 1.81. The van der Waals surface area contributed by atoms with Crippen LogP contribution >= 0.6 is 11.3 Å². The number of thiophene rings is 1. The topological polar surface area (TPSA) is 42.2 Å². The molecule has 0 radical (unpaired) electrons. The van der Waals surface area contributed by atoms with E-state index in [1.807, 2.05) is 23.1 Å². The number of hydrogen-bond donors (Lipinski definition) is 1. The number of aromatic nitrogens is 1. The van der Waals surface area contributed by atoms with Crippen molar-refractivity contribution in [2.24, 2.45) is 7.05 Å². The fourth-order valence-corrected chi connectivity index (χ4v) is 2.13. The molecule has 62 valence electrons. The zero-order valence-electron chi connectivity index (χ0n) is 6.44. The van der Waals surface area contributed by atoms with E-state index in [9.17, 15) is 4.79 Å². The molecule has 0 aliphatic carbocycles. The molecular weight excluding hydrogens is 174 g/mol. The Kier molecular flexibility index (Phi) is 1.44. The number of carboxylic acids is 1. The lowest BCUT2D eigenvalue weighted by molar-refractivity contribution is 0.0699. The van der Waals surface area contributed by atoms with Gasteiger partial charge in [-0.15, -0.1) is 11.3 Å². The average Bonchev–Trinajstić information content (AvgIpc) is 2.53. The van der Waals surface area contributed by atoms with Gasteiger partial charge in [-0.25, -0.2) is 4.79 Å². The predicted molar refractivity (Wildman–Crippen MR) is 47.8 cm³/mol. The van der Waals surface area contributed by atoms with Crippen LogP contribution in [0.2, 0.25) is 0 Å². The van der Waals surface area contributed by atoms with Crippen LogP contribution < -0.4 is 0 Å². The molecule has 2 aromatic heterocycles. The van der Waals surface area contributed by atoms with Gasteiger partial charge in [0.25, 0.3) is 0 Å². The average molecular weight is 181 g/mol. The molecule has 0 aliphatic heterocycles. The van der Waals surface area contributed by atoms with Crippen LogP contribution in [0.1, 0.15) is 10.4 Å². The molecule has 1 N–H and O–H groups in total. The molecule has 2 rings (SSSR count). The van der Waals surface area contributed by atoms with Gasteiger partial charge in [-0.3, -0.25) is 0 Å². The minimum atomic E-state index is -0.862. The van der Waals surface area contributed by atoms with E-state index in [-0.39, 0.29) is 0 Å². The largest absolute Gasteiger partial charge is 0.478 e. The fraction of sp³-hybridized carbons (Fsp3) is 0.125. The van der Waals surface area contributed by atoms with Gasteiger partial charge in [-0.05, 0) is 11.4 Å². The number of nitrogens with zero attached hydrogens (tertiary/aromatic N) is 1. The Morgan fingerprint density at radius 3 is 3.08 bits per heavy atom. The second kappa shape index (κ2) is 2.35. The van der Waals surface area contributed by atoms with Crippen LogP contribution in [-0.2, 0) is 7.05 Å². The Labute approximate surface area is 72.9 Å². The Morgan fingerprint density at radius 1 is 1.67 bits per heavy atom. The maximum Gasteiger partial charge on any atom is 0.337 e. The highest BCUT2D eigenvalue weighted by atomic mass is 32.1. The highest BCUT2D eigenvalue weighted by molar-refractivity contribution is 7.16. The van der Waals surface area contributed by atoms with Crippen molar-refractivity contribution in [3.05, 3.63) is 23.2 Å². The van der Waals surface area contributed by atoms with Gasteiger partial charge >= 0.3 is 5.97 Å². The Morgan fingerprint density at radius 2 is 2.42 bits per heavy atom. The first kappa shape index (κ1) is 7.36. The number of carboxylic acid groups (broad SMARTS) is 1. The number of aromatic carboxylic acids is 1. The highest BCUT2D eigenvalue weighted by Crippen LogP contribution is 2.25. The second-order valence-corrected chi connectivity index (χ2v) is 3.49. The normalized spacial score (nSPS) is 10.8. The molecule has 0 unspecified atom stereocenters. The molecule has 2 heterocycles. The minimum absolute atomic E-state index is 0.383. The fourth-order valence-electron chi connectivity index (χ4n) is 1.27. The molecule has 0 aromatic carbocycles. The van der Waals surface area contributed by atoms with Crippen LogP contribution in [0.5, 0.6) is 0 Å². The lowest BCUT2D eigenvalue weighted by Gasteiger charge is -1.86. The summed E-state index contributed by atoms with van der Waals surface area (Å²) < 4.78 is 1.84. The number of rotatable bonds is 1. The third-order valence-corrected chi connectivity index (χ3v) is 2.81. The summed E-state index contributed by atoms with van der Waals surface area (Å²) in [6.45, 7) is 0. The molecule has 0 saturated heterocycles. The monoisotopic (exact) mass is 181 g/mol. The van der Waals surface area contributed by atoms with Crippen molar-refractivity contribution in [2.75, 3.05) is 0 Å². The Hall–Kier alpha value is -1.29. The maximum atomic E-state index is 10.7. The van der Waals surface area contributed by atoms with Gasteiger partial charge in [0.1, 0.15) is 4.83 Å². The zero-order valence-corrected chi connectivity index (χ0v) is 7.26. The smallest absolute Gasteiger partial charge is 0.337 e. The summed E-state index contributed by atoms with van der Waals surface area (Å²) in [5.41, 5.74) is 0.383. The summed E-state index contributed by atoms with van der Waals surface area (Å²) in [4.78, 5) is 11.7. The number of hydrogen-bond acceptors (Lipinski definition) is 2. The van der Waals surface area contributed by atoms with Crippen LogP contribution in [0.25, 0.3) is 10.2 Å². The molecule has 0 saturated carbocycles. The van der Waals surface area contributed by atoms with Crippen LogP contribution in [0, 0.1) is 0 Å². The van der Waals surface area contributed by atoms with E-state index in [2.05, 4.69) is 0 Å². The first-order valence-electron chi connectivity index (χ1n) is 3.46. The summed E-state index contributed by atoms with van der Waals surface area (Å²) >= 11 is 1.55. The summed E-state index contributed by atoms with van der Waals surface area (Å²) in [5.74, 6) is -0.862. The van der Waals surface area contributed by atoms with E-state index in [4.69, 9.17) is 5.11 Å². The molecule has 0 atom stereocenters. The van der Waals surface area contributed by atoms with Crippen LogP contribution in [0.15, 0.2) is 17.6 Å². The lowest BCUT2D eigenvalue weighted by Crippen LogP contribution is -1.93. The molecule has 0 amide bonds. The van der Waals surface area contributed by atoms with Gasteiger partial charge < -0.3 is 9.67 Å². The summed E-state index contributed by atoms with van der Waals surface area (Å²) in [6, 6.07) is 1.84. The SMILES string of the molecule is Cn1cc(C(=O)O)c2ccsc21. The zero-order chi connectivity index (χ0) is 8.72. The highest BCUT2D eigenvalue weighted by Gasteiger charge is 2.12. The number of carbonyl (C=O) groups is 1. The van der Waals surface area contributed by atoms with Crippen molar-refractivity contribution in [3.8, 4) is 0 Å². The van der Waals surface area contributed by atoms with Gasteiger partial charge in [-0.2, -0.15) is 0 Å². The molecule has 3 nitrogen and oxygen atoms in total. The minimum Gasteiger partial charge on any atom is -0.478 e. The molecule has 4 heteroatoms. The number of fused-ring (bicyclic) bond motifs is 1. The van der Waals surface area contributed by atoms with Gasteiger partial charge in [0.15, 0.2) is 0 Å². The lowest BCUT2D eigenvalue weighted by atomic mass is 10.2. The second-order valence-electron chi connectivity index (χ2n) is 2.60. The van der Waals surface area contributed by atoms with E-state index < -0.39 is 5.97 Å². The van der Waals surface area contributed by atoms with Crippen LogP contribution in [0.3, 0.4) is 0 Å². The van der Waals surface area contributed by atoms with E-state index >= 15 is 0 Å². The van der Waals surface area contributed by atoms with E-state index in [0.29, 0.717) is 5.56 Å². The molecule has 0 spiro atoms. The van der Waals surface area contributed by atoms with E-state index in [1.165, 1.54) is 0 Å². The van der Waals surface area contributed by atoms with Crippen molar-refractivity contribution in [1.29, 1.82) is 0 Å². The molecule has 0 aliphatic rings. The van der Waals surface area contributed by atoms with E-state index in [1.54, 1.807) is 17.5 Å². The van der Waals surface area contributed by atoms with Crippen molar-refractivity contribution in [2.45, 2.75) is 0 Å². The summed E-state index contributed by atoms with van der Waals surface area (Å²) in [5, 5.41) is 11.5. The van der Waals surface area contributed by atoms with Gasteiger partial charge in [-0.1, -0.05) is 0 Å². The molecular formula is C8H7NO2S. The van der Waals surface area contributed by atoms with Gasteiger partial charge in [0.05, 0.1) is 5.56 Å². The van der Waals surface area contributed by atoms with Crippen molar-refractivity contribution < 1.29 is 9.90 Å². The molecule has 12 heavy (non-hydrogen) atoms. The Balaban J connectivity index is 2.83. The first-order chi connectivity index (χ1) is 5.70.